The van der Waals surface area contributed by atoms with Gasteiger partial charge in [-0.2, -0.15) is 13.2 Å². The lowest BCUT2D eigenvalue weighted by molar-refractivity contribution is -0.153. The van der Waals surface area contributed by atoms with Crippen molar-refractivity contribution < 1.29 is 22.6 Å². The summed E-state index contributed by atoms with van der Waals surface area (Å²) in [7, 11) is 0. The van der Waals surface area contributed by atoms with Gasteiger partial charge in [-0.25, -0.2) is 0 Å². The molecule has 0 bridgehead atoms. The Bertz CT molecular complexity index is 310. The molecule has 0 radical (unpaired) electrons. The van der Waals surface area contributed by atoms with Crippen LogP contribution in [0.1, 0.15) is 6.92 Å². The zero-order chi connectivity index (χ0) is 11.3. The summed E-state index contributed by atoms with van der Waals surface area (Å²) in [5.74, 6) is 0.649. The van der Waals surface area contributed by atoms with Gasteiger partial charge in [0.05, 0.1) is 6.61 Å². The summed E-state index contributed by atoms with van der Waals surface area (Å²) < 4.78 is 45.2. The molecule has 2 nitrogen and oxygen atoms in total. The second-order valence-corrected chi connectivity index (χ2v) is 2.81. The minimum atomic E-state index is -4.32. The molecule has 0 saturated heterocycles. The molecule has 15 heavy (non-hydrogen) atoms. The third-order valence-corrected chi connectivity index (χ3v) is 1.52. The fourth-order valence-electron chi connectivity index (χ4n) is 0.986. The van der Waals surface area contributed by atoms with Crippen LogP contribution in [-0.4, -0.2) is 19.4 Å². The van der Waals surface area contributed by atoms with E-state index in [-0.39, 0.29) is 5.75 Å². The Morgan fingerprint density at radius 3 is 2.27 bits per heavy atom. The summed E-state index contributed by atoms with van der Waals surface area (Å²) in [5.41, 5.74) is 0. The molecule has 1 rings (SSSR count). The maximum absolute atomic E-state index is 11.8. The smallest absolute Gasteiger partial charge is 0.422 e. The molecule has 0 atom stereocenters. The van der Waals surface area contributed by atoms with Crippen LogP contribution in [0.25, 0.3) is 0 Å². The number of hydrogen-bond donors (Lipinski definition) is 0. The van der Waals surface area contributed by atoms with Gasteiger partial charge in [0, 0.05) is 6.07 Å². The summed E-state index contributed by atoms with van der Waals surface area (Å²) in [6, 6.07) is 6.12. The first-order chi connectivity index (χ1) is 7.01. The number of alkyl halides is 3. The van der Waals surface area contributed by atoms with Gasteiger partial charge in [-0.1, -0.05) is 6.07 Å². The van der Waals surface area contributed by atoms with E-state index in [0.29, 0.717) is 12.4 Å². The maximum atomic E-state index is 11.8. The number of ether oxygens (including phenoxy) is 2. The molecule has 5 heteroatoms. The van der Waals surface area contributed by atoms with Gasteiger partial charge in [0.1, 0.15) is 11.5 Å². The van der Waals surface area contributed by atoms with E-state index in [1.165, 1.54) is 12.1 Å². The molecule has 0 aliphatic heterocycles. The van der Waals surface area contributed by atoms with Crippen LogP contribution in [0, 0.1) is 0 Å². The van der Waals surface area contributed by atoms with E-state index in [2.05, 4.69) is 4.74 Å². The van der Waals surface area contributed by atoms with Gasteiger partial charge in [0.2, 0.25) is 0 Å². The lowest BCUT2D eigenvalue weighted by atomic mass is 10.3. The van der Waals surface area contributed by atoms with Crippen LogP contribution in [0.5, 0.6) is 11.5 Å². The lowest BCUT2D eigenvalue weighted by Gasteiger charge is -2.10. The van der Waals surface area contributed by atoms with Crippen molar-refractivity contribution in [1.82, 2.24) is 0 Å². The molecule has 0 N–H and O–H groups in total. The quantitative estimate of drug-likeness (QED) is 0.776. The first kappa shape index (κ1) is 11.7. The summed E-state index contributed by atoms with van der Waals surface area (Å²) in [5, 5.41) is 0. The zero-order valence-electron chi connectivity index (χ0n) is 8.17. The van der Waals surface area contributed by atoms with Gasteiger partial charge in [0.25, 0.3) is 0 Å². The minimum absolute atomic E-state index is 0.151. The second kappa shape index (κ2) is 4.91. The van der Waals surface area contributed by atoms with E-state index in [0.717, 1.165) is 0 Å². The standard InChI is InChI=1S/C10H11F3O2/c1-2-14-8-4-3-5-9(6-8)15-7-10(11,12)13/h3-6H,2,7H2,1H3. The summed E-state index contributed by atoms with van der Waals surface area (Å²) in [6.45, 7) is 0.967. The second-order valence-electron chi connectivity index (χ2n) is 2.81. The molecule has 1 aromatic carbocycles. The van der Waals surface area contributed by atoms with Gasteiger partial charge in [0.15, 0.2) is 6.61 Å². The predicted octanol–water partition coefficient (Wildman–Crippen LogP) is 3.03. The molecule has 0 heterocycles. The molecule has 0 fully saturated rings. The highest BCUT2D eigenvalue weighted by atomic mass is 19.4. The normalized spacial score (nSPS) is 11.2. The topological polar surface area (TPSA) is 18.5 Å². The SMILES string of the molecule is CCOc1cccc(OCC(F)(F)F)c1. The summed E-state index contributed by atoms with van der Waals surface area (Å²) in [6.07, 6.45) is -4.32. The minimum Gasteiger partial charge on any atom is -0.494 e. The van der Waals surface area contributed by atoms with Crippen molar-refractivity contribution in [2.45, 2.75) is 13.1 Å². The monoisotopic (exact) mass is 220 g/mol. The highest BCUT2D eigenvalue weighted by Gasteiger charge is 2.28. The van der Waals surface area contributed by atoms with E-state index in [1.54, 1.807) is 19.1 Å². The molecule has 0 aromatic heterocycles. The van der Waals surface area contributed by atoms with Crippen molar-refractivity contribution in [3.05, 3.63) is 24.3 Å². The highest BCUT2D eigenvalue weighted by Crippen LogP contribution is 2.22. The molecule has 0 aliphatic carbocycles. The van der Waals surface area contributed by atoms with E-state index in [1.807, 2.05) is 0 Å². The van der Waals surface area contributed by atoms with E-state index in [9.17, 15) is 13.2 Å². The van der Waals surface area contributed by atoms with E-state index >= 15 is 0 Å². The zero-order valence-corrected chi connectivity index (χ0v) is 8.17. The third kappa shape index (κ3) is 4.58. The molecule has 0 unspecified atom stereocenters. The lowest BCUT2D eigenvalue weighted by Crippen LogP contribution is -2.19. The van der Waals surface area contributed by atoms with Gasteiger partial charge in [-0.3, -0.25) is 0 Å². The van der Waals surface area contributed by atoms with Crippen molar-refractivity contribution in [3.8, 4) is 11.5 Å². The van der Waals surface area contributed by atoms with Gasteiger partial charge in [-0.05, 0) is 19.1 Å². The van der Waals surface area contributed by atoms with Crippen LogP contribution in [0.15, 0.2) is 24.3 Å². The Hall–Kier alpha value is -1.39. The molecule has 1 aromatic rings. The van der Waals surface area contributed by atoms with Crippen LogP contribution in [0.4, 0.5) is 13.2 Å². The first-order valence-electron chi connectivity index (χ1n) is 4.43. The average molecular weight is 220 g/mol. The fraction of sp³-hybridized carbons (Fsp3) is 0.400. The van der Waals surface area contributed by atoms with E-state index in [4.69, 9.17) is 4.74 Å². The number of hydrogen-bond acceptors (Lipinski definition) is 2. The van der Waals surface area contributed by atoms with Gasteiger partial charge < -0.3 is 9.47 Å². The predicted molar refractivity (Wildman–Crippen MR) is 49.2 cm³/mol. The maximum Gasteiger partial charge on any atom is 0.422 e. The van der Waals surface area contributed by atoms with Crippen LogP contribution in [0.3, 0.4) is 0 Å². The Balaban J connectivity index is 2.57. The number of halogens is 3. The molecule has 0 aliphatic rings. The van der Waals surface area contributed by atoms with Crippen molar-refractivity contribution in [2.24, 2.45) is 0 Å². The Kier molecular flexibility index (Phi) is 3.82. The average Bonchev–Trinajstić information content (AvgIpc) is 2.15. The fourth-order valence-corrected chi connectivity index (χ4v) is 0.986. The van der Waals surface area contributed by atoms with Crippen LogP contribution >= 0.6 is 0 Å². The Labute approximate surface area is 85.6 Å². The van der Waals surface area contributed by atoms with Crippen molar-refractivity contribution >= 4 is 0 Å². The van der Waals surface area contributed by atoms with E-state index < -0.39 is 12.8 Å². The molecular formula is C10H11F3O2. The van der Waals surface area contributed by atoms with Gasteiger partial charge in [-0.15, -0.1) is 0 Å². The summed E-state index contributed by atoms with van der Waals surface area (Å²) >= 11 is 0. The molecule has 0 spiro atoms. The molecule has 0 amide bonds. The van der Waals surface area contributed by atoms with Crippen molar-refractivity contribution in [2.75, 3.05) is 13.2 Å². The Morgan fingerprint density at radius 2 is 1.73 bits per heavy atom. The third-order valence-electron chi connectivity index (χ3n) is 1.52. The van der Waals surface area contributed by atoms with Crippen molar-refractivity contribution in [1.29, 1.82) is 0 Å². The van der Waals surface area contributed by atoms with Crippen molar-refractivity contribution in [3.63, 3.8) is 0 Å². The van der Waals surface area contributed by atoms with Crippen LogP contribution < -0.4 is 9.47 Å². The van der Waals surface area contributed by atoms with Gasteiger partial charge >= 0.3 is 6.18 Å². The number of benzene rings is 1. The molecule has 0 saturated carbocycles. The highest BCUT2D eigenvalue weighted by molar-refractivity contribution is 5.32. The largest absolute Gasteiger partial charge is 0.494 e. The number of rotatable bonds is 4. The molecule has 84 valence electrons. The molecular weight excluding hydrogens is 209 g/mol. The first-order valence-corrected chi connectivity index (χ1v) is 4.43. The Morgan fingerprint density at radius 1 is 1.13 bits per heavy atom. The van der Waals surface area contributed by atoms with Crippen LogP contribution in [-0.2, 0) is 0 Å². The van der Waals surface area contributed by atoms with Crippen LogP contribution in [0.2, 0.25) is 0 Å². The summed E-state index contributed by atoms with van der Waals surface area (Å²) in [4.78, 5) is 0.